The molecule has 6 N–H and O–H groups in total. The number of pyridine rings is 1. The summed E-state index contributed by atoms with van der Waals surface area (Å²) < 4.78 is 10.9. The van der Waals surface area contributed by atoms with Crippen molar-refractivity contribution in [2.24, 2.45) is 11.1 Å². The predicted molar refractivity (Wildman–Crippen MR) is 175 cm³/mol. The number of hydrogen-bond acceptors (Lipinski definition) is 8. The molecule has 0 saturated carbocycles. The number of benzene rings is 3. The van der Waals surface area contributed by atoms with Gasteiger partial charge in [-0.25, -0.2) is 9.78 Å². The average Bonchev–Trinajstić information content (AvgIpc) is 3.07. The Morgan fingerprint density at radius 1 is 0.935 bits per heavy atom. The molecular weight excluding hydrogens is 586 g/mol. The van der Waals surface area contributed by atoms with E-state index in [-0.39, 0.29) is 46.3 Å². The topological polar surface area (TPSA) is 177 Å². The first-order chi connectivity index (χ1) is 21.9. The van der Waals surface area contributed by atoms with Crippen molar-refractivity contribution in [1.82, 2.24) is 10.3 Å². The SMILES string of the molecule is CCC(C)(C)C(O)NC(=O)c1ccc(-c2ccc(OC)nc2C(=O)Nc2ccc(C(=N)N)cc2)c(C(=O)OCc2ccccc2)c1. The van der Waals surface area contributed by atoms with Gasteiger partial charge in [0.1, 0.15) is 24.4 Å². The first-order valence-electron chi connectivity index (χ1n) is 14.6. The molecule has 0 fully saturated rings. The fourth-order valence-corrected chi connectivity index (χ4v) is 4.36. The van der Waals surface area contributed by atoms with Crippen LogP contribution in [0, 0.1) is 10.8 Å². The number of ether oxygens (including phenoxy) is 2. The number of amidine groups is 1. The summed E-state index contributed by atoms with van der Waals surface area (Å²) in [6, 6.07) is 23.1. The molecule has 0 aliphatic carbocycles. The van der Waals surface area contributed by atoms with Crippen LogP contribution in [-0.4, -0.2) is 47.0 Å². The lowest BCUT2D eigenvalue weighted by Crippen LogP contribution is -2.44. The Morgan fingerprint density at radius 3 is 2.22 bits per heavy atom. The molecule has 1 unspecified atom stereocenters. The molecule has 4 rings (SSSR count). The minimum absolute atomic E-state index is 0.0136. The Morgan fingerprint density at radius 2 is 1.59 bits per heavy atom. The molecule has 1 heterocycles. The van der Waals surface area contributed by atoms with E-state index in [1.54, 1.807) is 36.4 Å². The fraction of sp³-hybridized carbons (Fsp3) is 0.229. The van der Waals surface area contributed by atoms with Crippen molar-refractivity contribution in [3.05, 3.63) is 113 Å². The number of nitrogens with one attached hydrogen (secondary N) is 3. The second kappa shape index (κ2) is 14.5. The molecule has 0 aliphatic heterocycles. The Bertz CT molecular complexity index is 1740. The van der Waals surface area contributed by atoms with Crippen LogP contribution in [-0.2, 0) is 11.3 Å². The number of nitrogens with zero attached hydrogens (tertiary/aromatic N) is 1. The van der Waals surface area contributed by atoms with Gasteiger partial charge in [0.15, 0.2) is 0 Å². The largest absolute Gasteiger partial charge is 0.481 e. The molecule has 0 bridgehead atoms. The van der Waals surface area contributed by atoms with Crippen LogP contribution in [0.1, 0.15) is 69.5 Å². The van der Waals surface area contributed by atoms with E-state index >= 15 is 0 Å². The number of aliphatic hydroxyl groups excluding tert-OH is 1. The third-order valence-electron chi connectivity index (χ3n) is 7.67. The molecule has 0 saturated heterocycles. The van der Waals surface area contributed by atoms with Crippen LogP contribution >= 0.6 is 0 Å². The average molecular weight is 624 g/mol. The van der Waals surface area contributed by atoms with Crippen LogP contribution < -0.4 is 21.1 Å². The number of aliphatic hydroxyl groups is 1. The molecule has 2 amide bonds. The van der Waals surface area contributed by atoms with Crippen LogP contribution in [0.4, 0.5) is 5.69 Å². The fourth-order valence-electron chi connectivity index (χ4n) is 4.36. The number of amides is 2. The molecule has 1 aromatic heterocycles. The van der Waals surface area contributed by atoms with E-state index in [9.17, 15) is 19.5 Å². The number of aromatic nitrogens is 1. The number of nitrogens with two attached hydrogens (primary N) is 1. The van der Waals surface area contributed by atoms with E-state index in [0.29, 0.717) is 17.7 Å². The lowest BCUT2D eigenvalue weighted by molar-refractivity contribution is 0.0189. The van der Waals surface area contributed by atoms with Crippen molar-refractivity contribution in [3.63, 3.8) is 0 Å². The quantitative estimate of drug-likeness (QED) is 0.0624. The van der Waals surface area contributed by atoms with Gasteiger partial charge in [0.05, 0.1) is 12.7 Å². The third-order valence-corrected chi connectivity index (χ3v) is 7.67. The predicted octanol–water partition coefficient (Wildman–Crippen LogP) is 5.13. The van der Waals surface area contributed by atoms with Gasteiger partial charge in [-0.15, -0.1) is 0 Å². The number of methoxy groups -OCH3 is 1. The number of hydrogen-bond donors (Lipinski definition) is 5. The van der Waals surface area contributed by atoms with Gasteiger partial charge in [-0.1, -0.05) is 57.2 Å². The van der Waals surface area contributed by atoms with Gasteiger partial charge in [-0.3, -0.25) is 15.0 Å². The molecule has 46 heavy (non-hydrogen) atoms. The van der Waals surface area contributed by atoms with Crippen molar-refractivity contribution in [2.75, 3.05) is 12.4 Å². The van der Waals surface area contributed by atoms with E-state index in [1.807, 2.05) is 51.1 Å². The standard InChI is InChI=1S/C35H37N5O6/c1-5-35(2,3)34(44)40-31(41)23-13-16-25(27(19-23)33(43)46-20-21-9-7-6-8-10-21)26-17-18-28(45-4)39-29(26)32(42)38-24-14-11-22(12-15-24)30(36)37/h6-19,34,44H,5,20H2,1-4H3,(H3,36,37)(H,38,42)(H,40,41). The maximum absolute atomic E-state index is 13.6. The van der Waals surface area contributed by atoms with Crippen LogP contribution in [0.25, 0.3) is 11.1 Å². The summed E-state index contributed by atoms with van der Waals surface area (Å²) in [6.45, 7) is 5.54. The van der Waals surface area contributed by atoms with Crippen molar-refractivity contribution in [2.45, 2.75) is 40.0 Å². The summed E-state index contributed by atoms with van der Waals surface area (Å²) >= 11 is 0. The minimum atomic E-state index is -1.14. The zero-order chi connectivity index (χ0) is 33.4. The highest BCUT2D eigenvalue weighted by Gasteiger charge is 2.29. The van der Waals surface area contributed by atoms with Crippen LogP contribution in [0.3, 0.4) is 0 Å². The molecule has 0 aliphatic rings. The van der Waals surface area contributed by atoms with Gasteiger partial charge in [-0.05, 0) is 60.0 Å². The van der Waals surface area contributed by atoms with E-state index in [4.69, 9.17) is 20.6 Å². The van der Waals surface area contributed by atoms with Crippen molar-refractivity contribution in [1.29, 1.82) is 5.41 Å². The second-order valence-electron chi connectivity index (χ2n) is 11.2. The highest BCUT2D eigenvalue weighted by Crippen LogP contribution is 2.31. The van der Waals surface area contributed by atoms with Crippen molar-refractivity contribution >= 4 is 29.3 Å². The molecule has 0 radical (unpaired) electrons. The van der Waals surface area contributed by atoms with Crippen LogP contribution in [0.2, 0.25) is 0 Å². The number of esters is 1. The van der Waals surface area contributed by atoms with E-state index < -0.39 is 29.4 Å². The number of nitrogen functional groups attached to an aromatic ring is 1. The molecule has 238 valence electrons. The Kier molecular flexibility index (Phi) is 10.5. The Labute approximate surface area is 267 Å². The molecule has 11 nitrogen and oxygen atoms in total. The first kappa shape index (κ1) is 33.3. The molecule has 3 aromatic carbocycles. The highest BCUT2D eigenvalue weighted by molar-refractivity contribution is 6.10. The molecule has 1 atom stereocenters. The maximum Gasteiger partial charge on any atom is 0.339 e. The third kappa shape index (κ3) is 7.93. The van der Waals surface area contributed by atoms with Crippen molar-refractivity contribution in [3.8, 4) is 17.0 Å². The summed E-state index contributed by atoms with van der Waals surface area (Å²) in [5.74, 6) is -1.86. The molecule has 4 aromatic rings. The Balaban J connectivity index is 1.75. The number of carbonyl (C=O) groups is 3. The molecule has 11 heteroatoms. The van der Waals surface area contributed by atoms with Gasteiger partial charge in [0.25, 0.3) is 11.8 Å². The smallest absolute Gasteiger partial charge is 0.339 e. The van der Waals surface area contributed by atoms with Gasteiger partial charge < -0.3 is 30.9 Å². The van der Waals surface area contributed by atoms with Crippen LogP contribution in [0.15, 0.2) is 84.9 Å². The molecule has 0 spiro atoms. The minimum Gasteiger partial charge on any atom is -0.481 e. The second-order valence-corrected chi connectivity index (χ2v) is 11.2. The summed E-state index contributed by atoms with van der Waals surface area (Å²) in [6.07, 6.45) is -0.524. The summed E-state index contributed by atoms with van der Waals surface area (Å²) in [5.41, 5.74) is 7.28. The lowest BCUT2D eigenvalue weighted by Gasteiger charge is -2.29. The van der Waals surface area contributed by atoms with E-state index in [2.05, 4.69) is 15.6 Å². The van der Waals surface area contributed by atoms with E-state index in [0.717, 1.165) is 5.56 Å². The van der Waals surface area contributed by atoms with Gasteiger partial charge >= 0.3 is 5.97 Å². The lowest BCUT2D eigenvalue weighted by atomic mass is 9.88. The number of anilines is 1. The first-order valence-corrected chi connectivity index (χ1v) is 14.6. The highest BCUT2D eigenvalue weighted by atomic mass is 16.5. The van der Waals surface area contributed by atoms with Gasteiger partial charge in [0, 0.05) is 33.9 Å². The Hall–Kier alpha value is -5.55. The molecular formula is C35H37N5O6. The summed E-state index contributed by atoms with van der Waals surface area (Å²) in [7, 11) is 1.41. The van der Waals surface area contributed by atoms with Crippen molar-refractivity contribution < 1.29 is 29.0 Å². The normalized spacial score (nSPS) is 11.7. The zero-order valence-corrected chi connectivity index (χ0v) is 26.1. The van der Waals surface area contributed by atoms with Gasteiger partial charge in [0.2, 0.25) is 5.88 Å². The number of carbonyl (C=O) groups excluding carboxylic acids is 3. The van der Waals surface area contributed by atoms with Crippen LogP contribution in [0.5, 0.6) is 5.88 Å². The zero-order valence-electron chi connectivity index (χ0n) is 26.1. The van der Waals surface area contributed by atoms with E-state index in [1.165, 1.54) is 25.3 Å². The monoisotopic (exact) mass is 623 g/mol. The summed E-state index contributed by atoms with van der Waals surface area (Å²) in [4.78, 5) is 44.8. The summed E-state index contributed by atoms with van der Waals surface area (Å²) in [5, 5.41) is 23.6. The number of rotatable bonds is 12. The van der Waals surface area contributed by atoms with Gasteiger partial charge in [-0.2, -0.15) is 0 Å². The maximum atomic E-state index is 13.6.